The van der Waals surface area contributed by atoms with Crippen LogP contribution in [-0.4, -0.2) is 7.85 Å². The molecule has 21 heavy (non-hydrogen) atoms. The van der Waals surface area contributed by atoms with Gasteiger partial charge >= 0.3 is 0 Å². The summed E-state index contributed by atoms with van der Waals surface area (Å²) >= 11 is 0. The molecular weight excluding hydrogens is 300 g/mol. The van der Waals surface area contributed by atoms with Gasteiger partial charge in [0, 0.05) is 5.56 Å². The summed E-state index contributed by atoms with van der Waals surface area (Å²) in [6.07, 6.45) is 0. The van der Waals surface area contributed by atoms with Gasteiger partial charge in [0.25, 0.3) is 0 Å². The zero-order chi connectivity index (χ0) is 16.3. The Morgan fingerprint density at radius 1 is 0.571 bits per heavy atom. The van der Waals surface area contributed by atoms with Crippen LogP contribution < -0.4 is 0 Å². The Bertz CT molecular complexity index is 762. The summed E-state index contributed by atoms with van der Waals surface area (Å²) in [6, 6.07) is 0. The maximum atomic E-state index is 14.2. The van der Waals surface area contributed by atoms with Crippen LogP contribution in [0.15, 0.2) is 0 Å². The second-order valence-electron chi connectivity index (χ2n) is 5.04. The monoisotopic (exact) mass is 306 g/mol. The standard InChI is InChI=1S/C13H6BF7/c1-13(2,14)5-6(15)3-4(7(16)10(5)19)9(18)12(21)11(20)8(3)17/h1-2H3. The van der Waals surface area contributed by atoms with Gasteiger partial charge in [0.15, 0.2) is 34.9 Å². The summed E-state index contributed by atoms with van der Waals surface area (Å²) in [5.74, 6) is -14.8. The van der Waals surface area contributed by atoms with E-state index in [0.717, 1.165) is 13.8 Å². The Labute approximate surface area is 116 Å². The fourth-order valence-corrected chi connectivity index (χ4v) is 2.05. The minimum absolute atomic E-state index is 1.08. The predicted molar refractivity (Wildman–Crippen MR) is 62.4 cm³/mol. The Kier molecular flexibility index (Phi) is 3.46. The fraction of sp³-hybridized carbons (Fsp3) is 0.231. The van der Waals surface area contributed by atoms with E-state index in [9.17, 15) is 30.7 Å². The van der Waals surface area contributed by atoms with Gasteiger partial charge in [0.1, 0.15) is 5.82 Å². The average molecular weight is 306 g/mol. The molecule has 0 aliphatic heterocycles. The van der Waals surface area contributed by atoms with Crippen molar-refractivity contribution in [1.29, 1.82) is 0 Å². The van der Waals surface area contributed by atoms with E-state index in [2.05, 4.69) is 0 Å². The van der Waals surface area contributed by atoms with E-state index in [0.29, 0.717) is 0 Å². The van der Waals surface area contributed by atoms with Crippen LogP contribution in [0.1, 0.15) is 19.4 Å². The summed E-state index contributed by atoms with van der Waals surface area (Å²) < 4.78 is 95.2. The van der Waals surface area contributed by atoms with E-state index < -0.39 is 62.4 Å². The first-order valence-corrected chi connectivity index (χ1v) is 5.61. The van der Waals surface area contributed by atoms with Crippen molar-refractivity contribution < 1.29 is 30.7 Å². The normalized spacial score (nSPS) is 12.2. The molecule has 0 aliphatic carbocycles. The van der Waals surface area contributed by atoms with Gasteiger partial charge < -0.3 is 0 Å². The first-order valence-electron chi connectivity index (χ1n) is 5.61. The van der Waals surface area contributed by atoms with Crippen LogP contribution in [0.25, 0.3) is 10.8 Å². The third-order valence-corrected chi connectivity index (χ3v) is 2.98. The van der Waals surface area contributed by atoms with Crippen LogP contribution in [0.4, 0.5) is 30.7 Å². The lowest BCUT2D eigenvalue weighted by atomic mass is 9.66. The van der Waals surface area contributed by atoms with Gasteiger partial charge in [-0.05, 0) is 5.31 Å². The number of halogens is 7. The quantitative estimate of drug-likeness (QED) is 0.320. The third kappa shape index (κ3) is 2.08. The van der Waals surface area contributed by atoms with E-state index >= 15 is 0 Å². The molecule has 0 saturated heterocycles. The van der Waals surface area contributed by atoms with Crippen molar-refractivity contribution in [3.05, 3.63) is 46.3 Å². The van der Waals surface area contributed by atoms with E-state index in [1.54, 1.807) is 0 Å². The van der Waals surface area contributed by atoms with Crippen molar-refractivity contribution in [2.45, 2.75) is 19.2 Å². The third-order valence-electron chi connectivity index (χ3n) is 2.98. The van der Waals surface area contributed by atoms with Gasteiger partial charge in [-0.1, -0.05) is 13.8 Å². The molecule has 0 bridgehead atoms. The highest BCUT2D eigenvalue weighted by molar-refractivity contribution is 6.15. The minimum Gasteiger partial charge on any atom is -0.206 e. The molecule has 110 valence electrons. The van der Waals surface area contributed by atoms with Crippen LogP contribution in [0.5, 0.6) is 0 Å². The largest absolute Gasteiger partial charge is 0.206 e. The second-order valence-corrected chi connectivity index (χ2v) is 5.04. The van der Waals surface area contributed by atoms with Crippen molar-refractivity contribution in [3.8, 4) is 0 Å². The molecular formula is C13H6BF7. The van der Waals surface area contributed by atoms with Crippen molar-refractivity contribution >= 4 is 18.6 Å². The number of hydrogen-bond donors (Lipinski definition) is 0. The molecule has 0 spiro atoms. The molecule has 0 unspecified atom stereocenters. The summed E-state index contributed by atoms with van der Waals surface area (Å²) in [5.41, 5.74) is -1.10. The molecule has 0 aliphatic rings. The van der Waals surface area contributed by atoms with Gasteiger partial charge in [-0.15, -0.1) is 0 Å². The molecule has 0 saturated carbocycles. The van der Waals surface area contributed by atoms with Crippen molar-refractivity contribution in [2.24, 2.45) is 0 Å². The van der Waals surface area contributed by atoms with E-state index in [-0.39, 0.29) is 0 Å². The second kappa shape index (κ2) is 4.64. The highest BCUT2D eigenvalue weighted by Gasteiger charge is 2.33. The predicted octanol–water partition coefficient (Wildman–Crippen LogP) is 4.22. The highest BCUT2D eigenvalue weighted by atomic mass is 19.2. The lowest BCUT2D eigenvalue weighted by molar-refractivity contribution is 0.409. The van der Waals surface area contributed by atoms with Gasteiger partial charge in [0.05, 0.1) is 18.6 Å². The molecule has 0 N–H and O–H groups in total. The zero-order valence-electron chi connectivity index (χ0n) is 10.7. The fourth-order valence-electron chi connectivity index (χ4n) is 2.05. The summed E-state index contributed by atoms with van der Waals surface area (Å²) in [5, 5.41) is -4.98. The SMILES string of the molecule is [B]C(C)(C)c1c(F)c(F)c2c(F)c(F)c(F)c(F)c2c1F. The van der Waals surface area contributed by atoms with Crippen LogP contribution in [0, 0.1) is 40.7 Å². The van der Waals surface area contributed by atoms with E-state index in [1.165, 1.54) is 0 Å². The average Bonchev–Trinajstić information content (AvgIpc) is 2.36. The maximum Gasteiger partial charge on any atom is 0.198 e. The Morgan fingerprint density at radius 3 is 1.29 bits per heavy atom. The molecule has 0 heterocycles. The van der Waals surface area contributed by atoms with Crippen molar-refractivity contribution in [3.63, 3.8) is 0 Å². The molecule has 0 aromatic heterocycles. The molecule has 2 aromatic carbocycles. The number of hydrogen-bond acceptors (Lipinski definition) is 0. The van der Waals surface area contributed by atoms with Gasteiger partial charge in [0.2, 0.25) is 0 Å². The molecule has 2 rings (SSSR count). The van der Waals surface area contributed by atoms with Crippen LogP contribution in [-0.2, 0) is 5.31 Å². The van der Waals surface area contributed by atoms with Crippen LogP contribution in [0.2, 0.25) is 0 Å². The minimum atomic E-state index is -2.36. The van der Waals surface area contributed by atoms with E-state index in [4.69, 9.17) is 7.85 Å². The van der Waals surface area contributed by atoms with Crippen LogP contribution in [0.3, 0.4) is 0 Å². The molecule has 0 fully saturated rings. The molecule has 0 nitrogen and oxygen atoms in total. The molecule has 8 heteroatoms. The van der Waals surface area contributed by atoms with Gasteiger partial charge in [-0.25, -0.2) is 30.7 Å². The molecule has 0 atom stereocenters. The Balaban J connectivity index is 3.19. The summed E-state index contributed by atoms with van der Waals surface area (Å²) in [6.45, 7) is 2.15. The highest BCUT2D eigenvalue weighted by Crippen LogP contribution is 2.37. The zero-order valence-corrected chi connectivity index (χ0v) is 10.7. The summed E-state index contributed by atoms with van der Waals surface area (Å²) in [4.78, 5) is 0. The lowest BCUT2D eigenvalue weighted by Gasteiger charge is -2.23. The van der Waals surface area contributed by atoms with Crippen LogP contribution >= 0.6 is 0 Å². The smallest absolute Gasteiger partial charge is 0.198 e. The lowest BCUT2D eigenvalue weighted by Crippen LogP contribution is -2.23. The first kappa shape index (κ1) is 15.7. The van der Waals surface area contributed by atoms with E-state index in [1.807, 2.05) is 0 Å². The Morgan fingerprint density at radius 2 is 0.905 bits per heavy atom. The number of rotatable bonds is 1. The summed E-state index contributed by atoms with van der Waals surface area (Å²) in [7, 11) is 5.44. The van der Waals surface area contributed by atoms with Crippen molar-refractivity contribution in [2.75, 3.05) is 0 Å². The maximum absolute atomic E-state index is 14.2. The molecule has 2 radical (unpaired) electrons. The topological polar surface area (TPSA) is 0 Å². The number of fused-ring (bicyclic) bond motifs is 1. The molecule has 2 aromatic rings. The molecule has 0 amide bonds. The van der Waals surface area contributed by atoms with Gasteiger partial charge in [-0.2, -0.15) is 0 Å². The number of benzene rings is 2. The first-order chi connectivity index (χ1) is 9.50. The van der Waals surface area contributed by atoms with Crippen molar-refractivity contribution in [1.82, 2.24) is 0 Å². The Hall–Kier alpha value is -1.73. The van der Waals surface area contributed by atoms with Gasteiger partial charge in [-0.3, -0.25) is 0 Å².